The standard InChI is InChI=1S/C58H45N5O2S/c1-57(2,3)38-19-23-40(24-20-38)61-48-16-10-7-13-45(48)51-54-52(46-14-8-11-17-49(46)62(54)41-25-21-39(22-26-41)58(4,5)6)56-53(55(51)61)47-15-9-12-18-50(47)63(56)42-27-29-43(30-28-42)66(64,65)44-32-36(34-59)31-37(33-44)35-60/h7-33H,1-6H3. The van der Waals surface area contributed by atoms with E-state index in [1.807, 2.05) is 24.3 Å². The van der Waals surface area contributed by atoms with E-state index in [-0.39, 0.29) is 31.7 Å². The Hall–Kier alpha value is -7.91. The third kappa shape index (κ3) is 6.10. The van der Waals surface area contributed by atoms with Gasteiger partial charge in [0.1, 0.15) is 0 Å². The molecular formula is C58H45N5O2S. The summed E-state index contributed by atoms with van der Waals surface area (Å²) in [6, 6.07) is 58.8. The third-order valence-electron chi connectivity index (χ3n) is 13.2. The van der Waals surface area contributed by atoms with Crippen molar-refractivity contribution in [1.29, 1.82) is 10.5 Å². The van der Waals surface area contributed by atoms with Crippen LogP contribution in [0.2, 0.25) is 0 Å². The zero-order valence-electron chi connectivity index (χ0n) is 37.5. The van der Waals surface area contributed by atoms with Gasteiger partial charge in [0.2, 0.25) is 9.84 Å². The molecule has 3 aromatic heterocycles. The fourth-order valence-corrected chi connectivity index (χ4v) is 11.3. The molecule has 0 amide bonds. The molecule has 11 aromatic rings. The summed E-state index contributed by atoms with van der Waals surface area (Å²) in [5.74, 6) is 0. The second-order valence-electron chi connectivity index (χ2n) is 19.3. The number of rotatable bonds is 5. The van der Waals surface area contributed by atoms with Gasteiger partial charge < -0.3 is 13.7 Å². The first kappa shape index (κ1) is 40.8. The van der Waals surface area contributed by atoms with E-state index in [1.165, 1.54) is 29.3 Å². The Balaban J connectivity index is 1.31. The number of para-hydroxylation sites is 3. The normalized spacial score (nSPS) is 12.5. The molecule has 66 heavy (non-hydrogen) atoms. The van der Waals surface area contributed by atoms with Crippen molar-refractivity contribution in [3.8, 4) is 29.2 Å². The van der Waals surface area contributed by atoms with Gasteiger partial charge in [-0.1, -0.05) is 120 Å². The lowest BCUT2D eigenvalue weighted by atomic mass is 9.87. The van der Waals surface area contributed by atoms with Crippen LogP contribution in [0.3, 0.4) is 0 Å². The largest absolute Gasteiger partial charge is 0.308 e. The van der Waals surface area contributed by atoms with E-state index in [4.69, 9.17) is 0 Å². The average Bonchev–Trinajstić information content (AvgIpc) is 3.97. The zero-order chi connectivity index (χ0) is 45.9. The van der Waals surface area contributed by atoms with E-state index in [9.17, 15) is 18.9 Å². The number of nitriles is 2. The Morgan fingerprint density at radius 3 is 1.05 bits per heavy atom. The number of hydrogen-bond acceptors (Lipinski definition) is 4. The summed E-state index contributed by atoms with van der Waals surface area (Å²) in [5, 5.41) is 25.9. The summed E-state index contributed by atoms with van der Waals surface area (Å²) >= 11 is 0. The first-order chi connectivity index (χ1) is 31.7. The predicted octanol–water partition coefficient (Wildman–Crippen LogP) is 14.1. The summed E-state index contributed by atoms with van der Waals surface area (Å²) in [6.45, 7) is 13.4. The number of benzene rings is 8. The lowest BCUT2D eigenvalue weighted by Crippen LogP contribution is -2.10. The second-order valence-corrected chi connectivity index (χ2v) is 21.2. The SMILES string of the molecule is CC(C)(C)c1ccc(-n2c3ccccc3c3c2c2c4ccccc4n(-c4ccc(S(=O)(=O)c5cc(C#N)cc(C#N)c5)cc4)c2c2c4ccccc4n(-c4ccc(C(C)(C)C)cc4)c32)cc1. The third-order valence-corrected chi connectivity index (χ3v) is 14.9. The van der Waals surface area contributed by atoms with Gasteiger partial charge in [0, 0.05) is 49.4 Å². The number of aromatic nitrogens is 3. The van der Waals surface area contributed by atoms with Crippen molar-refractivity contribution >= 4 is 75.3 Å². The molecule has 0 aliphatic heterocycles. The molecule has 320 valence electrons. The molecule has 7 nitrogen and oxygen atoms in total. The van der Waals surface area contributed by atoms with Crippen LogP contribution in [-0.4, -0.2) is 22.1 Å². The van der Waals surface area contributed by atoms with Crippen LogP contribution in [0, 0.1) is 22.7 Å². The lowest BCUT2D eigenvalue weighted by molar-refractivity contribution is 0.590. The Kier molecular flexibility index (Phi) is 9.01. The van der Waals surface area contributed by atoms with E-state index in [0.29, 0.717) is 0 Å². The van der Waals surface area contributed by atoms with Gasteiger partial charge in [-0.05, 0) is 107 Å². The lowest BCUT2D eigenvalue weighted by Gasteiger charge is -2.20. The fourth-order valence-electron chi connectivity index (χ4n) is 9.97. The highest BCUT2D eigenvalue weighted by atomic mass is 32.2. The molecule has 0 bridgehead atoms. The number of nitrogens with zero attached hydrogens (tertiary/aromatic N) is 5. The van der Waals surface area contributed by atoms with Crippen LogP contribution in [0.15, 0.2) is 174 Å². The molecule has 0 saturated carbocycles. The van der Waals surface area contributed by atoms with E-state index in [2.05, 4.69) is 177 Å². The monoisotopic (exact) mass is 875 g/mol. The maximum Gasteiger partial charge on any atom is 0.206 e. The molecule has 0 fully saturated rings. The van der Waals surface area contributed by atoms with Gasteiger partial charge in [-0.3, -0.25) is 0 Å². The first-order valence-electron chi connectivity index (χ1n) is 22.1. The quantitative estimate of drug-likeness (QED) is 0.172. The molecule has 0 unspecified atom stereocenters. The molecule has 11 rings (SSSR count). The van der Waals surface area contributed by atoms with Crippen molar-refractivity contribution < 1.29 is 8.42 Å². The van der Waals surface area contributed by atoms with E-state index < -0.39 is 9.84 Å². The molecule has 0 atom stereocenters. The fraction of sp³-hybridized carbons (Fsp3) is 0.138. The van der Waals surface area contributed by atoms with Gasteiger partial charge in [0.15, 0.2) is 0 Å². The van der Waals surface area contributed by atoms with Crippen LogP contribution >= 0.6 is 0 Å². The highest BCUT2D eigenvalue weighted by Crippen LogP contribution is 2.50. The molecule has 0 aliphatic carbocycles. The van der Waals surface area contributed by atoms with Crippen LogP contribution in [0.4, 0.5) is 0 Å². The van der Waals surface area contributed by atoms with Gasteiger partial charge in [-0.2, -0.15) is 10.5 Å². The summed E-state index contributed by atoms with van der Waals surface area (Å²) in [6.07, 6.45) is 0. The number of sulfone groups is 1. The smallest absolute Gasteiger partial charge is 0.206 e. The van der Waals surface area contributed by atoms with Crippen molar-refractivity contribution in [2.75, 3.05) is 0 Å². The second kappa shape index (κ2) is 14.6. The maximum absolute atomic E-state index is 14.2. The predicted molar refractivity (Wildman–Crippen MR) is 268 cm³/mol. The molecule has 8 aromatic carbocycles. The molecule has 0 aliphatic rings. The van der Waals surface area contributed by atoms with Gasteiger partial charge >= 0.3 is 0 Å². The van der Waals surface area contributed by atoms with Crippen LogP contribution in [0.5, 0.6) is 0 Å². The molecule has 0 saturated heterocycles. The summed E-state index contributed by atoms with van der Waals surface area (Å²) in [7, 11) is -4.09. The highest BCUT2D eigenvalue weighted by Gasteiger charge is 2.29. The zero-order valence-corrected chi connectivity index (χ0v) is 38.4. The molecule has 0 N–H and O–H groups in total. The van der Waals surface area contributed by atoms with Gasteiger partial charge in [0.05, 0.1) is 66.2 Å². The molecule has 0 radical (unpaired) electrons. The van der Waals surface area contributed by atoms with E-state index >= 15 is 0 Å². The molecule has 0 spiro atoms. The maximum atomic E-state index is 14.2. The molecule has 3 heterocycles. The van der Waals surface area contributed by atoms with Crippen molar-refractivity contribution in [2.24, 2.45) is 0 Å². The number of fused-ring (bicyclic) bond motifs is 12. The summed E-state index contributed by atoms with van der Waals surface area (Å²) in [5.41, 5.74) is 11.9. The Morgan fingerprint density at radius 1 is 0.409 bits per heavy atom. The molecule has 8 heteroatoms. The Labute approximate surface area is 383 Å². The minimum Gasteiger partial charge on any atom is -0.308 e. The average molecular weight is 876 g/mol. The van der Waals surface area contributed by atoms with E-state index in [1.54, 1.807) is 12.1 Å². The summed E-state index contributed by atoms with van der Waals surface area (Å²) in [4.78, 5) is -0.0359. The topological polar surface area (TPSA) is 96.5 Å². The van der Waals surface area contributed by atoms with Crippen molar-refractivity contribution in [3.05, 3.63) is 186 Å². The minimum atomic E-state index is -4.09. The highest BCUT2D eigenvalue weighted by molar-refractivity contribution is 7.91. The summed E-state index contributed by atoms with van der Waals surface area (Å²) < 4.78 is 35.5. The van der Waals surface area contributed by atoms with Crippen LogP contribution < -0.4 is 0 Å². The Bertz CT molecular complexity index is 3890. The van der Waals surface area contributed by atoms with Gasteiger partial charge in [-0.15, -0.1) is 0 Å². The van der Waals surface area contributed by atoms with Crippen LogP contribution in [0.25, 0.3) is 82.5 Å². The first-order valence-corrected chi connectivity index (χ1v) is 23.6. The van der Waals surface area contributed by atoms with Crippen molar-refractivity contribution in [2.45, 2.75) is 62.2 Å². The van der Waals surface area contributed by atoms with Crippen molar-refractivity contribution in [3.63, 3.8) is 0 Å². The van der Waals surface area contributed by atoms with Crippen LogP contribution in [0.1, 0.15) is 63.8 Å². The van der Waals surface area contributed by atoms with Gasteiger partial charge in [-0.25, -0.2) is 8.42 Å². The number of hydrogen-bond donors (Lipinski definition) is 0. The minimum absolute atomic E-state index is 0.0230. The van der Waals surface area contributed by atoms with Crippen molar-refractivity contribution in [1.82, 2.24) is 13.7 Å². The van der Waals surface area contributed by atoms with Crippen LogP contribution in [-0.2, 0) is 20.7 Å². The van der Waals surface area contributed by atoms with Gasteiger partial charge in [0.25, 0.3) is 0 Å². The Morgan fingerprint density at radius 2 is 0.727 bits per heavy atom. The molecular weight excluding hydrogens is 831 g/mol. The van der Waals surface area contributed by atoms with E-state index in [0.717, 1.165) is 82.5 Å².